The van der Waals surface area contributed by atoms with Crippen molar-refractivity contribution in [2.75, 3.05) is 7.05 Å². The Bertz CT molecular complexity index is 1050. The second kappa shape index (κ2) is 15.2. The Balaban J connectivity index is 0.000000470. The zero-order valence-corrected chi connectivity index (χ0v) is 21.7. The summed E-state index contributed by atoms with van der Waals surface area (Å²) in [5.74, 6) is 1.71. The summed E-state index contributed by atoms with van der Waals surface area (Å²) in [6, 6.07) is 23.8. The number of para-hydroxylation sites is 2. The Labute approximate surface area is 201 Å². The van der Waals surface area contributed by atoms with Crippen LogP contribution in [-0.2, 0) is 6.54 Å². The molecule has 0 aliphatic rings. The first kappa shape index (κ1) is 28.3. The van der Waals surface area contributed by atoms with E-state index in [1.807, 2.05) is 20.8 Å². The molecule has 0 saturated carbocycles. The van der Waals surface area contributed by atoms with Gasteiger partial charge in [0.1, 0.15) is 5.82 Å². The molecule has 4 N–H and O–H groups in total. The fourth-order valence-electron chi connectivity index (χ4n) is 3.24. The van der Waals surface area contributed by atoms with Gasteiger partial charge in [0.2, 0.25) is 0 Å². The summed E-state index contributed by atoms with van der Waals surface area (Å²) in [6.45, 7) is 13.5. The van der Waals surface area contributed by atoms with Gasteiger partial charge in [-0.2, -0.15) is 0 Å². The molecule has 1 heterocycles. The van der Waals surface area contributed by atoms with Crippen molar-refractivity contribution in [2.45, 2.75) is 67.0 Å². The van der Waals surface area contributed by atoms with E-state index in [-0.39, 0.29) is 0 Å². The first-order valence-corrected chi connectivity index (χ1v) is 12.3. The zero-order chi connectivity index (χ0) is 24.8. The van der Waals surface area contributed by atoms with Crippen molar-refractivity contribution < 1.29 is 0 Å². The van der Waals surface area contributed by atoms with E-state index in [1.165, 1.54) is 35.3 Å². The maximum Gasteiger partial charge on any atom is 0.141 e. The van der Waals surface area contributed by atoms with Crippen molar-refractivity contribution in [1.82, 2.24) is 9.55 Å². The van der Waals surface area contributed by atoms with Gasteiger partial charge in [0.25, 0.3) is 0 Å². The highest BCUT2D eigenvalue weighted by atomic mass is 15.1. The average molecular weight is 449 g/mol. The minimum Gasteiger partial charge on any atom is -0.333 e. The molecule has 1 unspecified atom stereocenters. The number of unbranched alkanes of at least 4 members (excludes halogenated alkanes) is 1. The first-order chi connectivity index (χ1) is 16.0. The van der Waals surface area contributed by atoms with Gasteiger partial charge in [-0.3, -0.25) is 0 Å². The molecule has 4 aromatic rings. The number of fused-ring (bicyclic) bond motifs is 2. The third-order valence-electron chi connectivity index (χ3n) is 5.47. The van der Waals surface area contributed by atoms with Gasteiger partial charge in [0.15, 0.2) is 0 Å². The van der Waals surface area contributed by atoms with Gasteiger partial charge in [0, 0.05) is 18.2 Å². The van der Waals surface area contributed by atoms with E-state index in [4.69, 9.17) is 10.7 Å². The average Bonchev–Trinajstić information content (AvgIpc) is 3.23. The van der Waals surface area contributed by atoms with Crippen LogP contribution in [-0.4, -0.2) is 22.6 Å². The number of imidazole rings is 1. The number of nitrogens with zero attached hydrogens (tertiary/aromatic N) is 2. The zero-order valence-electron chi connectivity index (χ0n) is 21.7. The predicted octanol–water partition coefficient (Wildman–Crippen LogP) is 7.25. The summed E-state index contributed by atoms with van der Waals surface area (Å²) >= 11 is 0. The number of aromatic nitrogens is 2. The van der Waals surface area contributed by atoms with Crippen LogP contribution < -0.4 is 11.5 Å². The molecule has 0 aliphatic carbocycles. The van der Waals surface area contributed by atoms with Crippen molar-refractivity contribution >= 4 is 21.8 Å². The van der Waals surface area contributed by atoms with Crippen LogP contribution in [0.1, 0.15) is 54.4 Å². The van der Waals surface area contributed by atoms with Gasteiger partial charge in [-0.25, -0.2) is 4.98 Å². The highest BCUT2D eigenvalue weighted by Crippen LogP contribution is 2.31. The van der Waals surface area contributed by atoms with E-state index in [9.17, 15) is 0 Å². The molecular formula is C29H44N4. The van der Waals surface area contributed by atoms with Crippen LogP contribution in [0.4, 0.5) is 0 Å². The largest absolute Gasteiger partial charge is 0.333 e. The Kier molecular flexibility index (Phi) is 13.1. The normalized spacial score (nSPS) is 11.1. The molecule has 3 aromatic carbocycles. The van der Waals surface area contributed by atoms with E-state index in [0.29, 0.717) is 12.0 Å². The Hall–Kier alpha value is -2.69. The standard InChI is InChI=1S/C21H20N2.C5H13N.C2H6.CH5N/c1-2-3-15-23-20-14-7-6-13-19(20)22-21(23)18-12-8-10-16-9-4-5-11-17(16)18;1-4(2)5(3)6;2*1-2/h4-14H,2-3,15H2,1H3;4-5H,6H2,1-3H3;1-2H3;2H2,1H3. The van der Waals surface area contributed by atoms with Crippen molar-refractivity contribution in [3.8, 4) is 11.4 Å². The van der Waals surface area contributed by atoms with E-state index < -0.39 is 0 Å². The van der Waals surface area contributed by atoms with Gasteiger partial charge in [-0.15, -0.1) is 0 Å². The van der Waals surface area contributed by atoms with Gasteiger partial charge in [-0.05, 0) is 49.2 Å². The van der Waals surface area contributed by atoms with E-state index in [2.05, 4.69) is 97.8 Å². The highest BCUT2D eigenvalue weighted by molar-refractivity contribution is 5.96. The highest BCUT2D eigenvalue weighted by Gasteiger charge is 2.14. The second-order valence-electron chi connectivity index (χ2n) is 8.06. The summed E-state index contributed by atoms with van der Waals surface area (Å²) in [6.07, 6.45) is 2.35. The smallest absolute Gasteiger partial charge is 0.141 e. The third-order valence-corrected chi connectivity index (χ3v) is 5.47. The minimum absolute atomic E-state index is 0.352. The second-order valence-corrected chi connectivity index (χ2v) is 8.06. The fraction of sp³-hybridized carbons (Fsp3) is 0.414. The molecule has 180 valence electrons. The van der Waals surface area contributed by atoms with Crippen molar-refractivity contribution in [3.05, 3.63) is 66.7 Å². The van der Waals surface area contributed by atoms with Crippen LogP contribution in [0.5, 0.6) is 0 Å². The van der Waals surface area contributed by atoms with Crippen LogP contribution in [0.3, 0.4) is 0 Å². The maximum absolute atomic E-state index is 5.44. The molecule has 0 spiro atoms. The van der Waals surface area contributed by atoms with E-state index >= 15 is 0 Å². The Morgan fingerprint density at radius 1 is 0.848 bits per heavy atom. The monoisotopic (exact) mass is 448 g/mol. The summed E-state index contributed by atoms with van der Waals surface area (Å²) in [5, 5.41) is 2.53. The molecule has 0 aliphatic heterocycles. The Morgan fingerprint density at radius 3 is 2.06 bits per heavy atom. The number of rotatable bonds is 5. The van der Waals surface area contributed by atoms with Crippen molar-refractivity contribution in [3.63, 3.8) is 0 Å². The summed E-state index contributed by atoms with van der Waals surface area (Å²) in [5.41, 5.74) is 13.5. The first-order valence-electron chi connectivity index (χ1n) is 12.3. The lowest BCUT2D eigenvalue weighted by Crippen LogP contribution is -2.21. The predicted molar refractivity (Wildman–Crippen MR) is 148 cm³/mol. The molecule has 4 nitrogen and oxygen atoms in total. The molecule has 0 amide bonds. The van der Waals surface area contributed by atoms with Crippen molar-refractivity contribution in [2.24, 2.45) is 17.4 Å². The fourth-order valence-corrected chi connectivity index (χ4v) is 3.24. The lowest BCUT2D eigenvalue weighted by Gasteiger charge is -2.11. The van der Waals surface area contributed by atoms with Gasteiger partial charge >= 0.3 is 0 Å². The van der Waals surface area contributed by atoms with Crippen LogP contribution in [0.15, 0.2) is 66.7 Å². The maximum atomic E-state index is 5.44. The summed E-state index contributed by atoms with van der Waals surface area (Å²) in [4.78, 5) is 4.95. The molecular weight excluding hydrogens is 404 g/mol. The molecule has 4 heteroatoms. The molecule has 33 heavy (non-hydrogen) atoms. The van der Waals surface area contributed by atoms with Gasteiger partial charge in [-0.1, -0.05) is 95.6 Å². The summed E-state index contributed by atoms with van der Waals surface area (Å²) < 4.78 is 2.38. The van der Waals surface area contributed by atoms with E-state index in [0.717, 1.165) is 24.3 Å². The molecule has 1 aromatic heterocycles. The number of hydrogen-bond donors (Lipinski definition) is 2. The lowest BCUT2D eigenvalue weighted by atomic mass is 10.0. The molecule has 0 fully saturated rings. The SMILES string of the molecule is CC.CC(C)C(C)N.CCCCn1c(-c2cccc3ccccc23)nc2ccccc21.CN. The number of hydrogen-bond acceptors (Lipinski definition) is 3. The molecule has 0 radical (unpaired) electrons. The quantitative estimate of drug-likeness (QED) is 0.338. The van der Waals surface area contributed by atoms with Crippen LogP contribution in [0, 0.1) is 5.92 Å². The lowest BCUT2D eigenvalue weighted by molar-refractivity contribution is 0.529. The van der Waals surface area contributed by atoms with Crippen LogP contribution in [0.2, 0.25) is 0 Å². The number of aryl methyl sites for hydroxylation is 1. The van der Waals surface area contributed by atoms with Gasteiger partial charge < -0.3 is 16.0 Å². The topological polar surface area (TPSA) is 69.9 Å². The molecule has 1 atom stereocenters. The number of benzene rings is 3. The summed E-state index contributed by atoms with van der Waals surface area (Å²) in [7, 11) is 1.50. The molecule has 4 rings (SSSR count). The van der Waals surface area contributed by atoms with E-state index in [1.54, 1.807) is 0 Å². The number of nitrogens with two attached hydrogens (primary N) is 2. The molecule has 0 saturated heterocycles. The third kappa shape index (κ3) is 7.69. The van der Waals surface area contributed by atoms with Gasteiger partial charge in [0.05, 0.1) is 11.0 Å². The Morgan fingerprint density at radius 2 is 1.42 bits per heavy atom. The van der Waals surface area contributed by atoms with Crippen molar-refractivity contribution in [1.29, 1.82) is 0 Å². The molecule has 0 bridgehead atoms. The van der Waals surface area contributed by atoms with Crippen LogP contribution in [0.25, 0.3) is 33.2 Å². The van der Waals surface area contributed by atoms with Crippen LogP contribution >= 0.6 is 0 Å². The minimum atomic E-state index is 0.352.